The SMILES string of the molecule is COC(CC(=O)N[O-])[C@H](Cc1ccc(Cl)cc1C)c1ccc(F)cc1F. The number of methoxy groups -OCH3 is 1. The van der Waals surface area contributed by atoms with Crippen LogP contribution in [0.5, 0.6) is 0 Å². The van der Waals surface area contributed by atoms with Crippen LogP contribution in [-0.4, -0.2) is 19.1 Å². The molecule has 0 saturated carbocycles. The highest BCUT2D eigenvalue weighted by Gasteiger charge is 2.28. The first-order valence-electron chi connectivity index (χ1n) is 7.99. The number of halogens is 3. The van der Waals surface area contributed by atoms with Crippen LogP contribution in [0.15, 0.2) is 36.4 Å². The number of aryl methyl sites for hydroxylation is 1. The van der Waals surface area contributed by atoms with Gasteiger partial charge in [-0.2, -0.15) is 0 Å². The fourth-order valence-corrected chi connectivity index (χ4v) is 3.21. The number of benzene rings is 2. The molecule has 2 aromatic carbocycles. The van der Waals surface area contributed by atoms with E-state index in [1.807, 2.05) is 13.0 Å². The lowest BCUT2D eigenvalue weighted by atomic mass is 9.84. The van der Waals surface area contributed by atoms with Crippen LogP contribution >= 0.6 is 11.6 Å². The molecule has 0 aromatic heterocycles. The van der Waals surface area contributed by atoms with Crippen molar-refractivity contribution in [3.63, 3.8) is 0 Å². The van der Waals surface area contributed by atoms with Crippen molar-refractivity contribution < 1.29 is 18.3 Å². The van der Waals surface area contributed by atoms with Gasteiger partial charge in [0.05, 0.1) is 12.5 Å². The van der Waals surface area contributed by atoms with Gasteiger partial charge in [-0.25, -0.2) is 8.78 Å². The predicted octanol–water partition coefficient (Wildman–Crippen LogP) is 4.27. The maximum Gasteiger partial charge on any atom is 0.212 e. The van der Waals surface area contributed by atoms with E-state index in [1.165, 1.54) is 18.7 Å². The van der Waals surface area contributed by atoms with Gasteiger partial charge in [-0.15, -0.1) is 0 Å². The molecule has 0 aliphatic carbocycles. The first-order chi connectivity index (χ1) is 12.3. The second kappa shape index (κ2) is 9.07. The van der Waals surface area contributed by atoms with Gasteiger partial charge in [-0.3, -0.25) is 4.79 Å². The van der Waals surface area contributed by atoms with Crippen LogP contribution < -0.4 is 5.48 Å². The van der Waals surface area contributed by atoms with Gasteiger partial charge in [0.15, 0.2) is 0 Å². The minimum atomic E-state index is -0.766. The molecule has 26 heavy (non-hydrogen) atoms. The molecule has 4 nitrogen and oxygen atoms in total. The quantitative estimate of drug-likeness (QED) is 0.727. The normalized spacial score (nSPS) is 13.3. The van der Waals surface area contributed by atoms with Gasteiger partial charge in [0.25, 0.3) is 0 Å². The summed E-state index contributed by atoms with van der Waals surface area (Å²) in [6.45, 7) is 1.87. The van der Waals surface area contributed by atoms with E-state index in [-0.39, 0.29) is 12.0 Å². The first kappa shape index (κ1) is 20.3. The van der Waals surface area contributed by atoms with E-state index in [0.29, 0.717) is 11.4 Å². The number of amides is 1. The molecule has 0 fully saturated rings. The van der Waals surface area contributed by atoms with Crippen LogP contribution in [-0.2, 0) is 16.0 Å². The zero-order chi connectivity index (χ0) is 19.3. The fraction of sp³-hybridized carbons (Fsp3) is 0.316. The molecule has 7 heteroatoms. The number of nitrogens with one attached hydrogen (secondary N) is 1. The van der Waals surface area contributed by atoms with Gasteiger partial charge in [0.1, 0.15) is 11.6 Å². The summed E-state index contributed by atoms with van der Waals surface area (Å²) in [6, 6.07) is 8.58. The number of ether oxygens (including phenoxy) is 1. The van der Waals surface area contributed by atoms with Crippen molar-refractivity contribution in [2.24, 2.45) is 0 Å². The molecule has 2 atom stereocenters. The molecule has 0 radical (unpaired) electrons. The van der Waals surface area contributed by atoms with Crippen molar-refractivity contribution >= 4 is 17.5 Å². The van der Waals surface area contributed by atoms with Crippen molar-refractivity contribution in [3.05, 3.63) is 75.0 Å². The zero-order valence-corrected chi connectivity index (χ0v) is 15.1. The summed E-state index contributed by atoms with van der Waals surface area (Å²) in [5.41, 5.74) is 3.30. The number of hydrogen-bond donors (Lipinski definition) is 1. The monoisotopic (exact) mass is 382 g/mol. The van der Waals surface area contributed by atoms with Crippen molar-refractivity contribution in [3.8, 4) is 0 Å². The molecule has 0 aliphatic rings. The highest BCUT2D eigenvalue weighted by Crippen LogP contribution is 2.32. The number of rotatable bonds is 7. The van der Waals surface area contributed by atoms with Crippen molar-refractivity contribution in [2.75, 3.05) is 7.11 Å². The molecular formula is C19H19ClF2NO3-. The minimum absolute atomic E-state index is 0.214. The van der Waals surface area contributed by atoms with E-state index in [2.05, 4.69) is 0 Å². The second-order valence-corrected chi connectivity index (χ2v) is 6.49. The maximum atomic E-state index is 14.4. The Balaban J connectivity index is 2.44. The van der Waals surface area contributed by atoms with Gasteiger partial charge >= 0.3 is 0 Å². The predicted molar refractivity (Wildman–Crippen MR) is 95.9 cm³/mol. The maximum absolute atomic E-state index is 14.4. The molecule has 0 bridgehead atoms. The van der Waals surface area contributed by atoms with Gasteiger partial charge in [-0.1, -0.05) is 23.7 Å². The Labute approximate surface area is 155 Å². The molecule has 0 saturated heterocycles. The third-order valence-electron chi connectivity index (χ3n) is 4.36. The smallest absolute Gasteiger partial charge is 0.212 e. The zero-order valence-electron chi connectivity index (χ0n) is 14.4. The number of carbonyl (C=O) groups excluding carboxylic acids is 1. The van der Waals surface area contributed by atoms with E-state index in [0.717, 1.165) is 23.3 Å². The number of hydroxylamine groups is 1. The lowest BCUT2D eigenvalue weighted by molar-refractivity contribution is -0.123. The molecule has 0 spiro atoms. The van der Waals surface area contributed by atoms with Crippen LogP contribution in [0.2, 0.25) is 5.02 Å². The van der Waals surface area contributed by atoms with Gasteiger partial charge in [-0.05, 0) is 48.2 Å². The summed E-state index contributed by atoms with van der Waals surface area (Å²) in [6.07, 6.45) is -0.677. The van der Waals surface area contributed by atoms with Gasteiger partial charge in [0.2, 0.25) is 5.91 Å². The Morgan fingerprint density at radius 1 is 1.27 bits per heavy atom. The van der Waals surface area contributed by atoms with Crippen LogP contribution in [0.3, 0.4) is 0 Å². The fourth-order valence-electron chi connectivity index (χ4n) is 2.98. The summed E-state index contributed by atoms with van der Waals surface area (Å²) >= 11 is 5.98. The van der Waals surface area contributed by atoms with Crippen molar-refractivity contribution in [2.45, 2.75) is 31.8 Å². The molecule has 140 valence electrons. The largest absolute Gasteiger partial charge is 0.759 e. The van der Waals surface area contributed by atoms with Gasteiger partial charge in [0, 0.05) is 24.1 Å². The minimum Gasteiger partial charge on any atom is -0.759 e. The molecule has 1 amide bonds. The van der Waals surface area contributed by atoms with Crippen molar-refractivity contribution in [1.29, 1.82) is 0 Å². The summed E-state index contributed by atoms with van der Waals surface area (Å²) in [7, 11) is 1.38. The number of hydrogen-bond acceptors (Lipinski definition) is 3. The van der Waals surface area contributed by atoms with E-state index >= 15 is 0 Å². The Morgan fingerprint density at radius 3 is 2.58 bits per heavy atom. The van der Waals surface area contributed by atoms with E-state index in [9.17, 15) is 18.8 Å². The highest BCUT2D eigenvalue weighted by atomic mass is 35.5. The Morgan fingerprint density at radius 2 is 2.00 bits per heavy atom. The summed E-state index contributed by atoms with van der Waals surface area (Å²) in [5.74, 6) is -2.79. The highest BCUT2D eigenvalue weighted by molar-refractivity contribution is 6.30. The number of carbonyl (C=O) groups is 1. The average molecular weight is 383 g/mol. The molecular weight excluding hydrogens is 364 g/mol. The molecule has 1 N–H and O–H groups in total. The van der Waals surface area contributed by atoms with Crippen LogP contribution in [0.1, 0.15) is 29.0 Å². The molecule has 0 heterocycles. The molecule has 0 aliphatic heterocycles. The standard InChI is InChI=1S/C19H19ClF2NO3/c1-11-7-13(20)4-3-12(11)8-16(18(26-2)10-19(24)23-25)15-6-5-14(21)9-17(15)22/h3-7,9,16,18H,8,10H2,1-2H3,(H-,23,24,25)/q-1/t16-,18?/m1/s1. The Bertz CT molecular complexity index is 785. The summed E-state index contributed by atoms with van der Waals surface area (Å²) in [4.78, 5) is 11.5. The van der Waals surface area contributed by atoms with E-state index < -0.39 is 29.6 Å². The Hall–Kier alpha value is -2.02. The van der Waals surface area contributed by atoms with Crippen LogP contribution in [0.4, 0.5) is 8.78 Å². The van der Waals surface area contributed by atoms with E-state index in [4.69, 9.17) is 16.3 Å². The summed E-state index contributed by atoms with van der Waals surface area (Å²) < 4.78 is 33.1. The van der Waals surface area contributed by atoms with Gasteiger partial charge < -0.3 is 15.4 Å². The molecule has 1 unspecified atom stereocenters. The van der Waals surface area contributed by atoms with Crippen LogP contribution in [0, 0.1) is 23.8 Å². The topological polar surface area (TPSA) is 61.4 Å². The first-order valence-corrected chi connectivity index (χ1v) is 8.37. The van der Waals surface area contributed by atoms with E-state index in [1.54, 1.807) is 12.1 Å². The van der Waals surface area contributed by atoms with Crippen molar-refractivity contribution in [1.82, 2.24) is 5.48 Å². The average Bonchev–Trinajstić information content (AvgIpc) is 2.60. The third kappa shape index (κ3) is 5.00. The summed E-state index contributed by atoms with van der Waals surface area (Å²) in [5, 5.41) is 11.2. The second-order valence-electron chi connectivity index (χ2n) is 6.05. The lowest BCUT2D eigenvalue weighted by Crippen LogP contribution is -2.30. The molecule has 2 rings (SSSR count). The Kier molecular flexibility index (Phi) is 7.08. The lowest BCUT2D eigenvalue weighted by Gasteiger charge is -2.28. The third-order valence-corrected chi connectivity index (χ3v) is 4.59. The van der Waals surface area contributed by atoms with Crippen LogP contribution in [0.25, 0.3) is 0 Å². The molecule has 2 aromatic rings.